The van der Waals surface area contributed by atoms with Crippen LogP contribution in [-0.4, -0.2) is 23.9 Å². The summed E-state index contributed by atoms with van der Waals surface area (Å²) in [6.07, 6.45) is 2.03. The van der Waals surface area contributed by atoms with Crippen molar-refractivity contribution in [2.45, 2.75) is 32.7 Å². The van der Waals surface area contributed by atoms with Gasteiger partial charge in [-0.2, -0.15) is 5.10 Å². The Kier molecular flexibility index (Phi) is 5.02. The Morgan fingerprint density at radius 1 is 1.29 bits per heavy atom. The van der Waals surface area contributed by atoms with Gasteiger partial charge in [0.05, 0.1) is 12.8 Å². The van der Waals surface area contributed by atoms with Crippen molar-refractivity contribution in [3.63, 3.8) is 0 Å². The van der Waals surface area contributed by atoms with Crippen LogP contribution < -0.4 is 10.1 Å². The second kappa shape index (κ2) is 6.76. The van der Waals surface area contributed by atoms with Crippen molar-refractivity contribution in [1.82, 2.24) is 15.1 Å². The number of hydrogen-bond donors (Lipinski definition) is 1. The van der Waals surface area contributed by atoms with Crippen molar-refractivity contribution < 1.29 is 4.74 Å². The number of nitrogens with one attached hydrogen (secondary N) is 1. The molecule has 0 saturated carbocycles. The number of para-hydroxylation sites is 1. The van der Waals surface area contributed by atoms with Crippen LogP contribution in [0, 0.1) is 13.8 Å². The zero-order chi connectivity index (χ0) is 15.4. The maximum absolute atomic E-state index is 5.48. The zero-order valence-corrected chi connectivity index (χ0v) is 13.6. The first-order chi connectivity index (χ1) is 10.1. The normalized spacial score (nSPS) is 12.4. The molecule has 4 nitrogen and oxygen atoms in total. The number of benzene rings is 1. The lowest BCUT2D eigenvalue weighted by Crippen LogP contribution is -2.18. The molecule has 0 spiro atoms. The van der Waals surface area contributed by atoms with E-state index in [0.717, 1.165) is 24.3 Å². The van der Waals surface area contributed by atoms with Gasteiger partial charge in [-0.1, -0.05) is 18.2 Å². The Balaban J connectivity index is 2.16. The highest BCUT2D eigenvalue weighted by Gasteiger charge is 2.16. The van der Waals surface area contributed by atoms with E-state index in [0.29, 0.717) is 0 Å². The van der Waals surface area contributed by atoms with E-state index in [2.05, 4.69) is 36.4 Å². The summed E-state index contributed by atoms with van der Waals surface area (Å²) in [6, 6.07) is 8.48. The summed E-state index contributed by atoms with van der Waals surface area (Å²) in [5, 5.41) is 7.89. The molecule has 0 saturated heterocycles. The van der Waals surface area contributed by atoms with E-state index in [-0.39, 0.29) is 6.04 Å². The quantitative estimate of drug-likeness (QED) is 0.888. The molecule has 0 bridgehead atoms. The number of methoxy groups -OCH3 is 1. The molecule has 1 unspecified atom stereocenters. The smallest absolute Gasteiger partial charge is 0.123 e. The topological polar surface area (TPSA) is 39.1 Å². The highest BCUT2D eigenvalue weighted by atomic mass is 16.5. The van der Waals surface area contributed by atoms with Gasteiger partial charge in [-0.05, 0) is 45.4 Å². The van der Waals surface area contributed by atoms with Gasteiger partial charge in [0.2, 0.25) is 0 Å². The average molecular weight is 287 g/mol. The lowest BCUT2D eigenvalue weighted by molar-refractivity contribution is 0.399. The molecule has 1 N–H and O–H groups in total. The van der Waals surface area contributed by atoms with Gasteiger partial charge in [0.25, 0.3) is 0 Å². The molecule has 21 heavy (non-hydrogen) atoms. The van der Waals surface area contributed by atoms with Crippen LogP contribution in [0.25, 0.3) is 0 Å². The molecular weight excluding hydrogens is 262 g/mol. The Bertz CT molecular complexity index is 604. The molecule has 0 fully saturated rings. The minimum Gasteiger partial charge on any atom is -0.496 e. The maximum atomic E-state index is 5.48. The minimum absolute atomic E-state index is 0.278. The van der Waals surface area contributed by atoms with Crippen LogP contribution in [0.2, 0.25) is 0 Å². The highest BCUT2D eigenvalue weighted by molar-refractivity contribution is 5.36. The summed E-state index contributed by atoms with van der Waals surface area (Å²) in [5.74, 6) is 0.941. The molecule has 0 aliphatic carbocycles. The van der Waals surface area contributed by atoms with Crippen molar-refractivity contribution in [2.75, 3.05) is 14.2 Å². The monoisotopic (exact) mass is 287 g/mol. The summed E-state index contributed by atoms with van der Waals surface area (Å²) in [4.78, 5) is 0. The lowest BCUT2D eigenvalue weighted by Gasteiger charge is -2.19. The van der Waals surface area contributed by atoms with Gasteiger partial charge in [0.1, 0.15) is 5.75 Å². The first-order valence-electron chi connectivity index (χ1n) is 7.37. The van der Waals surface area contributed by atoms with Gasteiger partial charge in [-0.3, -0.25) is 4.68 Å². The van der Waals surface area contributed by atoms with Crippen molar-refractivity contribution in [3.8, 4) is 5.75 Å². The van der Waals surface area contributed by atoms with E-state index in [4.69, 9.17) is 4.74 Å². The Morgan fingerprint density at radius 2 is 2.00 bits per heavy atom. The van der Waals surface area contributed by atoms with E-state index in [1.807, 2.05) is 30.9 Å². The molecule has 1 atom stereocenters. The third kappa shape index (κ3) is 3.27. The van der Waals surface area contributed by atoms with Gasteiger partial charge in [0, 0.05) is 24.3 Å². The van der Waals surface area contributed by atoms with Crippen LogP contribution in [0.1, 0.15) is 35.0 Å². The Labute approximate surface area is 127 Å². The molecule has 0 amide bonds. The summed E-state index contributed by atoms with van der Waals surface area (Å²) in [5.41, 5.74) is 4.95. The predicted molar refractivity (Wildman–Crippen MR) is 85.8 cm³/mol. The van der Waals surface area contributed by atoms with Crippen LogP contribution in [-0.2, 0) is 13.5 Å². The fraction of sp³-hybridized carbons (Fsp3) is 0.471. The number of nitrogens with zero attached hydrogens (tertiary/aromatic N) is 2. The fourth-order valence-electron chi connectivity index (χ4n) is 2.88. The summed E-state index contributed by atoms with van der Waals surface area (Å²) in [7, 11) is 5.72. The number of rotatable bonds is 6. The largest absolute Gasteiger partial charge is 0.496 e. The first-order valence-corrected chi connectivity index (χ1v) is 7.37. The van der Waals surface area contributed by atoms with Gasteiger partial charge < -0.3 is 10.1 Å². The Hall–Kier alpha value is -1.81. The molecule has 0 aliphatic rings. The van der Waals surface area contributed by atoms with E-state index < -0.39 is 0 Å². The number of ether oxygens (including phenoxy) is 1. The number of aromatic nitrogens is 2. The molecule has 1 heterocycles. The molecule has 114 valence electrons. The van der Waals surface area contributed by atoms with Crippen molar-refractivity contribution >= 4 is 0 Å². The molecule has 0 radical (unpaired) electrons. The summed E-state index contributed by atoms with van der Waals surface area (Å²) < 4.78 is 7.44. The fourth-order valence-corrected chi connectivity index (χ4v) is 2.88. The van der Waals surface area contributed by atoms with Gasteiger partial charge >= 0.3 is 0 Å². The number of aryl methyl sites for hydroxylation is 2. The van der Waals surface area contributed by atoms with Crippen LogP contribution in [0.3, 0.4) is 0 Å². The second-order valence-electron chi connectivity index (χ2n) is 5.39. The molecule has 2 aromatic rings. The van der Waals surface area contributed by atoms with E-state index in [9.17, 15) is 0 Å². The average Bonchev–Trinajstić information content (AvgIpc) is 2.74. The second-order valence-corrected chi connectivity index (χ2v) is 5.39. The summed E-state index contributed by atoms with van der Waals surface area (Å²) >= 11 is 0. The van der Waals surface area contributed by atoms with Crippen molar-refractivity contribution in [1.29, 1.82) is 0 Å². The van der Waals surface area contributed by atoms with Crippen LogP contribution in [0.5, 0.6) is 5.75 Å². The van der Waals surface area contributed by atoms with E-state index >= 15 is 0 Å². The molecule has 1 aromatic heterocycles. The minimum atomic E-state index is 0.278. The molecular formula is C17H25N3O. The Morgan fingerprint density at radius 3 is 2.57 bits per heavy atom. The van der Waals surface area contributed by atoms with Crippen LogP contribution in [0.4, 0.5) is 0 Å². The van der Waals surface area contributed by atoms with E-state index in [1.54, 1.807) is 7.11 Å². The molecule has 0 aliphatic heterocycles. The van der Waals surface area contributed by atoms with Crippen LogP contribution >= 0.6 is 0 Å². The molecule has 2 rings (SSSR count). The first kappa shape index (κ1) is 15.6. The lowest BCUT2D eigenvalue weighted by atomic mass is 9.97. The zero-order valence-electron chi connectivity index (χ0n) is 13.6. The van der Waals surface area contributed by atoms with E-state index in [1.165, 1.54) is 16.8 Å². The summed E-state index contributed by atoms with van der Waals surface area (Å²) in [6.45, 7) is 4.21. The van der Waals surface area contributed by atoms with Gasteiger partial charge in [-0.15, -0.1) is 0 Å². The van der Waals surface area contributed by atoms with Gasteiger partial charge in [-0.25, -0.2) is 0 Å². The van der Waals surface area contributed by atoms with Gasteiger partial charge in [0.15, 0.2) is 0 Å². The standard InChI is InChI=1S/C17H25N3O/c1-12-14(13(2)20(4)19-12)10-11-16(18-3)15-8-6-7-9-17(15)21-5/h6-9,16,18H,10-11H2,1-5H3. The predicted octanol–water partition coefficient (Wildman–Crippen LogP) is 2.94. The van der Waals surface area contributed by atoms with Crippen molar-refractivity contribution in [3.05, 3.63) is 46.8 Å². The third-order valence-corrected chi connectivity index (χ3v) is 4.20. The SMILES string of the molecule is CNC(CCc1c(C)nn(C)c1C)c1ccccc1OC. The van der Waals surface area contributed by atoms with Crippen molar-refractivity contribution in [2.24, 2.45) is 7.05 Å². The number of hydrogen-bond acceptors (Lipinski definition) is 3. The molecule has 1 aromatic carbocycles. The maximum Gasteiger partial charge on any atom is 0.123 e. The molecule has 4 heteroatoms. The highest BCUT2D eigenvalue weighted by Crippen LogP contribution is 2.28. The third-order valence-electron chi connectivity index (χ3n) is 4.20. The van der Waals surface area contributed by atoms with Crippen LogP contribution in [0.15, 0.2) is 24.3 Å².